The lowest BCUT2D eigenvalue weighted by Crippen LogP contribution is -2.47. The molecule has 1 saturated heterocycles. The molecule has 0 aromatic heterocycles. The molecule has 3 heteroatoms. The molecule has 1 aliphatic heterocycles. The number of allylic oxidation sites excluding steroid dienone is 1. The highest BCUT2D eigenvalue weighted by Crippen LogP contribution is 2.25. The van der Waals surface area contributed by atoms with E-state index in [0.717, 1.165) is 25.0 Å². The molecule has 0 bridgehead atoms. The monoisotopic (exact) mass is 238 g/mol. The third-order valence-corrected chi connectivity index (χ3v) is 3.72. The lowest BCUT2D eigenvalue weighted by molar-refractivity contribution is -0.129. The SMILES string of the molecule is CC(=CC(=O)N1CCC(N)CC1C)C(C)(C)C. The van der Waals surface area contributed by atoms with Crippen molar-refractivity contribution in [1.29, 1.82) is 0 Å². The molecule has 0 radical (unpaired) electrons. The van der Waals surface area contributed by atoms with E-state index >= 15 is 0 Å². The van der Waals surface area contributed by atoms with E-state index in [4.69, 9.17) is 5.73 Å². The smallest absolute Gasteiger partial charge is 0.246 e. The van der Waals surface area contributed by atoms with Crippen LogP contribution in [-0.4, -0.2) is 29.4 Å². The van der Waals surface area contributed by atoms with Crippen molar-refractivity contribution in [3.63, 3.8) is 0 Å². The van der Waals surface area contributed by atoms with Gasteiger partial charge in [0.2, 0.25) is 5.91 Å². The van der Waals surface area contributed by atoms with Crippen molar-refractivity contribution in [3.05, 3.63) is 11.6 Å². The van der Waals surface area contributed by atoms with Crippen LogP contribution in [0.25, 0.3) is 0 Å². The maximum absolute atomic E-state index is 12.2. The summed E-state index contributed by atoms with van der Waals surface area (Å²) in [6.07, 6.45) is 3.61. The van der Waals surface area contributed by atoms with E-state index in [1.807, 2.05) is 11.8 Å². The largest absolute Gasteiger partial charge is 0.336 e. The third kappa shape index (κ3) is 3.84. The summed E-state index contributed by atoms with van der Waals surface area (Å²) in [5.74, 6) is 0.136. The van der Waals surface area contributed by atoms with Crippen LogP contribution < -0.4 is 5.73 Å². The fraction of sp³-hybridized carbons (Fsp3) is 0.786. The highest BCUT2D eigenvalue weighted by molar-refractivity contribution is 5.88. The number of nitrogens with two attached hydrogens (primary N) is 1. The van der Waals surface area contributed by atoms with Crippen molar-refractivity contribution in [2.75, 3.05) is 6.54 Å². The molecule has 0 aromatic carbocycles. The molecular formula is C14H26N2O. The topological polar surface area (TPSA) is 46.3 Å². The number of hydrogen-bond donors (Lipinski definition) is 1. The average Bonchev–Trinajstić information content (AvgIpc) is 2.15. The first-order valence-electron chi connectivity index (χ1n) is 6.46. The van der Waals surface area contributed by atoms with Gasteiger partial charge in [-0.2, -0.15) is 0 Å². The zero-order chi connectivity index (χ0) is 13.2. The third-order valence-electron chi connectivity index (χ3n) is 3.72. The van der Waals surface area contributed by atoms with Crippen LogP contribution in [0.15, 0.2) is 11.6 Å². The van der Waals surface area contributed by atoms with Crippen molar-refractivity contribution >= 4 is 5.91 Å². The summed E-state index contributed by atoms with van der Waals surface area (Å²) >= 11 is 0. The quantitative estimate of drug-likeness (QED) is 0.713. The number of carbonyl (C=O) groups excluding carboxylic acids is 1. The van der Waals surface area contributed by atoms with Crippen molar-refractivity contribution in [3.8, 4) is 0 Å². The summed E-state index contributed by atoms with van der Waals surface area (Å²) in [7, 11) is 0. The molecule has 2 unspecified atom stereocenters. The van der Waals surface area contributed by atoms with Crippen LogP contribution in [0.5, 0.6) is 0 Å². The number of likely N-dealkylation sites (tertiary alicyclic amines) is 1. The Kier molecular flexibility index (Phi) is 4.36. The lowest BCUT2D eigenvalue weighted by Gasteiger charge is -2.36. The first-order valence-corrected chi connectivity index (χ1v) is 6.46. The minimum atomic E-state index is 0.0606. The predicted octanol–water partition coefficient (Wildman–Crippen LogP) is 2.32. The van der Waals surface area contributed by atoms with Crippen molar-refractivity contribution in [2.45, 2.75) is 59.5 Å². The Bertz CT molecular complexity index is 315. The van der Waals surface area contributed by atoms with Gasteiger partial charge in [-0.15, -0.1) is 0 Å². The molecule has 1 aliphatic rings. The van der Waals surface area contributed by atoms with E-state index in [1.165, 1.54) is 0 Å². The minimum absolute atomic E-state index is 0.0606. The van der Waals surface area contributed by atoms with Crippen molar-refractivity contribution < 1.29 is 4.79 Å². The summed E-state index contributed by atoms with van der Waals surface area (Å²) in [5.41, 5.74) is 7.09. The van der Waals surface area contributed by atoms with Crippen LogP contribution in [-0.2, 0) is 4.79 Å². The Balaban J connectivity index is 2.71. The molecule has 98 valence electrons. The molecule has 2 N–H and O–H groups in total. The van der Waals surface area contributed by atoms with Crippen molar-refractivity contribution in [2.24, 2.45) is 11.1 Å². The first-order chi connectivity index (χ1) is 7.71. The molecule has 0 aliphatic carbocycles. The number of hydrogen-bond acceptors (Lipinski definition) is 2. The maximum Gasteiger partial charge on any atom is 0.246 e. The van der Waals surface area contributed by atoms with E-state index in [1.54, 1.807) is 6.08 Å². The van der Waals surface area contributed by atoms with E-state index < -0.39 is 0 Å². The summed E-state index contributed by atoms with van der Waals surface area (Å²) < 4.78 is 0. The second-order valence-electron chi connectivity index (χ2n) is 6.24. The lowest BCUT2D eigenvalue weighted by atomic mass is 9.87. The Morgan fingerprint density at radius 2 is 2.00 bits per heavy atom. The minimum Gasteiger partial charge on any atom is -0.336 e. The van der Waals surface area contributed by atoms with E-state index in [0.29, 0.717) is 0 Å². The molecule has 1 rings (SSSR count). The van der Waals surface area contributed by atoms with Gasteiger partial charge in [0.1, 0.15) is 0 Å². The molecular weight excluding hydrogens is 212 g/mol. The van der Waals surface area contributed by atoms with Gasteiger partial charge < -0.3 is 10.6 Å². The number of nitrogens with zero attached hydrogens (tertiary/aromatic N) is 1. The predicted molar refractivity (Wildman–Crippen MR) is 71.6 cm³/mol. The molecule has 0 saturated carbocycles. The molecule has 1 amide bonds. The summed E-state index contributed by atoms with van der Waals surface area (Å²) in [6.45, 7) is 11.3. The van der Waals surface area contributed by atoms with E-state index in [-0.39, 0.29) is 23.4 Å². The van der Waals surface area contributed by atoms with E-state index in [9.17, 15) is 4.79 Å². The molecule has 0 aromatic rings. The standard InChI is InChI=1S/C14H26N2O/c1-10(14(3,4)5)8-13(17)16-7-6-12(15)9-11(16)2/h8,11-12H,6-7,9,15H2,1-5H3. The first kappa shape index (κ1) is 14.2. The van der Waals surface area contributed by atoms with Gasteiger partial charge in [0.05, 0.1) is 0 Å². The van der Waals surface area contributed by atoms with Gasteiger partial charge in [0.15, 0.2) is 0 Å². The number of rotatable bonds is 1. The Morgan fingerprint density at radius 1 is 1.41 bits per heavy atom. The van der Waals surface area contributed by atoms with Crippen LogP contribution in [0.2, 0.25) is 0 Å². The summed E-state index contributed by atoms with van der Waals surface area (Å²) in [4.78, 5) is 14.1. The molecule has 0 spiro atoms. The normalized spacial score (nSPS) is 27.2. The van der Waals surface area contributed by atoms with Crippen LogP contribution in [0.3, 0.4) is 0 Å². The highest BCUT2D eigenvalue weighted by Gasteiger charge is 2.26. The number of carbonyl (C=O) groups is 1. The zero-order valence-corrected chi connectivity index (χ0v) is 11.8. The average molecular weight is 238 g/mol. The fourth-order valence-corrected chi connectivity index (χ4v) is 2.02. The second kappa shape index (κ2) is 5.21. The fourth-order valence-electron chi connectivity index (χ4n) is 2.02. The Hall–Kier alpha value is -0.830. The second-order valence-corrected chi connectivity index (χ2v) is 6.24. The molecule has 1 heterocycles. The molecule has 17 heavy (non-hydrogen) atoms. The van der Waals surface area contributed by atoms with Gasteiger partial charge >= 0.3 is 0 Å². The van der Waals surface area contributed by atoms with Crippen LogP contribution in [0, 0.1) is 5.41 Å². The van der Waals surface area contributed by atoms with Crippen molar-refractivity contribution in [1.82, 2.24) is 4.90 Å². The van der Waals surface area contributed by atoms with Gasteiger partial charge in [-0.05, 0) is 32.1 Å². The van der Waals surface area contributed by atoms with Gasteiger partial charge in [-0.3, -0.25) is 4.79 Å². The Morgan fingerprint density at radius 3 is 2.47 bits per heavy atom. The Labute approximate surface area is 105 Å². The van der Waals surface area contributed by atoms with Gasteiger partial charge in [0, 0.05) is 24.7 Å². The zero-order valence-electron chi connectivity index (χ0n) is 11.8. The number of piperidine rings is 1. The van der Waals surface area contributed by atoms with Crippen LogP contribution in [0.1, 0.15) is 47.5 Å². The van der Waals surface area contributed by atoms with Gasteiger partial charge in [0.25, 0.3) is 0 Å². The highest BCUT2D eigenvalue weighted by atomic mass is 16.2. The van der Waals surface area contributed by atoms with Crippen LogP contribution in [0.4, 0.5) is 0 Å². The number of amides is 1. The maximum atomic E-state index is 12.2. The van der Waals surface area contributed by atoms with E-state index in [2.05, 4.69) is 27.7 Å². The molecule has 2 atom stereocenters. The molecule has 1 fully saturated rings. The summed E-state index contributed by atoms with van der Waals surface area (Å²) in [6, 6.07) is 0.511. The van der Waals surface area contributed by atoms with Gasteiger partial charge in [-0.25, -0.2) is 0 Å². The summed E-state index contributed by atoms with van der Waals surface area (Å²) in [5, 5.41) is 0. The molecule has 3 nitrogen and oxygen atoms in total. The van der Waals surface area contributed by atoms with Crippen LogP contribution >= 0.6 is 0 Å². The van der Waals surface area contributed by atoms with Gasteiger partial charge in [-0.1, -0.05) is 26.3 Å².